The molecule has 0 amide bonds. The number of carbonyl (C=O) groups excluding carboxylic acids is 1. The fourth-order valence-corrected chi connectivity index (χ4v) is 2.18. The zero-order chi connectivity index (χ0) is 13.1. The lowest BCUT2D eigenvalue weighted by Crippen LogP contribution is -2.04. The summed E-state index contributed by atoms with van der Waals surface area (Å²) in [7, 11) is 1.37. The molecule has 0 saturated carbocycles. The topological polar surface area (TPSA) is 44.1 Å². The molecule has 0 spiro atoms. The highest BCUT2D eigenvalue weighted by Gasteiger charge is 2.09. The highest BCUT2D eigenvalue weighted by Crippen LogP contribution is 2.20. The molecule has 18 heavy (non-hydrogen) atoms. The van der Waals surface area contributed by atoms with Crippen molar-refractivity contribution in [3.63, 3.8) is 0 Å². The van der Waals surface area contributed by atoms with E-state index in [0.717, 1.165) is 15.9 Å². The number of nitrogens with zero attached hydrogens (tertiary/aromatic N) is 2. The first-order chi connectivity index (χ1) is 8.61. The average Bonchev–Trinajstić information content (AvgIpc) is 2.76. The van der Waals surface area contributed by atoms with Crippen molar-refractivity contribution in [2.45, 2.75) is 13.5 Å². The van der Waals surface area contributed by atoms with Gasteiger partial charge in [0.15, 0.2) is 0 Å². The number of hydrogen-bond donors (Lipinski definition) is 0. The molecule has 0 aliphatic carbocycles. The molecule has 0 unspecified atom stereocenters. The number of aryl methyl sites for hydroxylation is 1. The van der Waals surface area contributed by atoms with Crippen molar-refractivity contribution in [1.29, 1.82) is 0 Å². The van der Waals surface area contributed by atoms with E-state index >= 15 is 0 Å². The number of ether oxygens (including phenoxy) is 1. The molecule has 0 N–H and O–H groups in total. The van der Waals surface area contributed by atoms with Crippen LogP contribution in [-0.2, 0) is 11.3 Å². The van der Waals surface area contributed by atoms with E-state index in [9.17, 15) is 4.79 Å². The van der Waals surface area contributed by atoms with Crippen LogP contribution in [0.4, 0.5) is 0 Å². The second-order valence-corrected chi connectivity index (χ2v) is 4.75. The maximum Gasteiger partial charge on any atom is 0.337 e. The Labute approximate surface area is 114 Å². The molecule has 2 aromatic rings. The van der Waals surface area contributed by atoms with Crippen LogP contribution in [0.5, 0.6) is 0 Å². The van der Waals surface area contributed by atoms with Gasteiger partial charge in [0.1, 0.15) is 5.82 Å². The lowest BCUT2D eigenvalue weighted by atomic mass is 10.1. The minimum Gasteiger partial charge on any atom is -0.465 e. The van der Waals surface area contributed by atoms with Gasteiger partial charge in [0.25, 0.3) is 0 Å². The van der Waals surface area contributed by atoms with E-state index in [1.54, 1.807) is 18.3 Å². The Bertz CT molecular complexity index is 578. The number of hydrogen-bond acceptors (Lipinski definition) is 3. The molecule has 1 heterocycles. The third-order valence-electron chi connectivity index (χ3n) is 2.74. The summed E-state index contributed by atoms with van der Waals surface area (Å²) in [5.74, 6) is 0.625. The molecule has 1 aromatic carbocycles. The first-order valence-electron chi connectivity index (χ1n) is 5.46. The Hall–Kier alpha value is -1.62. The van der Waals surface area contributed by atoms with Gasteiger partial charge in [-0.2, -0.15) is 0 Å². The monoisotopic (exact) mass is 308 g/mol. The summed E-state index contributed by atoms with van der Waals surface area (Å²) in [6, 6.07) is 5.45. The average molecular weight is 309 g/mol. The number of carbonyl (C=O) groups is 1. The van der Waals surface area contributed by atoms with Gasteiger partial charge in [-0.1, -0.05) is 22.0 Å². The van der Waals surface area contributed by atoms with Crippen LogP contribution in [-0.4, -0.2) is 22.6 Å². The lowest BCUT2D eigenvalue weighted by Gasteiger charge is -2.08. The van der Waals surface area contributed by atoms with Crippen LogP contribution in [0.2, 0.25) is 0 Å². The van der Waals surface area contributed by atoms with Crippen LogP contribution in [0, 0.1) is 6.92 Å². The lowest BCUT2D eigenvalue weighted by molar-refractivity contribution is 0.0600. The minimum absolute atomic E-state index is 0.332. The number of methoxy groups -OCH3 is 1. The summed E-state index contributed by atoms with van der Waals surface area (Å²) in [5.41, 5.74) is 1.62. The van der Waals surface area contributed by atoms with Crippen LogP contribution in [0.1, 0.15) is 21.7 Å². The van der Waals surface area contributed by atoms with Gasteiger partial charge in [0, 0.05) is 23.4 Å². The van der Waals surface area contributed by atoms with Crippen LogP contribution in [0.15, 0.2) is 35.1 Å². The highest BCUT2D eigenvalue weighted by molar-refractivity contribution is 9.10. The molecule has 2 rings (SSSR count). The third kappa shape index (κ3) is 2.61. The summed E-state index contributed by atoms with van der Waals surface area (Å²) < 4.78 is 7.61. The summed E-state index contributed by atoms with van der Waals surface area (Å²) in [4.78, 5) is 15.6. The predicted molar refractivity (Wildman–Crippen MR) is 71.5 cm³/mol. The minimum atomic E-state index is -0.332. The molecular weight excluding hydrogens is 296 g/mol. The zero-order valence-electron chi connectivity index (χ0n) is 10.2. The molecule has 0 saturated heterocycles. The van der Waals surface area contributed by atoms with Crippen LogP contribution in [0.3, 0.4) is 0 Å². The van der Waals surface area contributed by atoms with Gasteiger partial charge in [0.05, 0.1) is 12.7 Å². The molecule has 0 atom stereocenters. The molecule has 94 valence electrons. The number of esters is 1. The quantitative estimate of drug-likeness (QED) is 0.819. The van der Waals surface area contributed by atoms with Gasteiger partial charge in [-0.15, -0.1) is 0 Å². The fraction of sp³-hybridized carbons (Fsp3) is 0.231. The molecular formula is C13H13BrN2O2. The van der Waals surface area contributed by atoms with E-state index in [1.165, 1.54) is 7.11 Å². The van der Waals surface area contributed by atoms with E-state index in [0.29, 0.717) is 12.1 Å². The van der Waals surface area contributed by atoms with Gasteiger partial charge in [-0.05, 0) is 24.6 Å². The highest BCUT2D eigenvalue weighted by atomic mass is 79.9. The van der Waals surface area contributed by atoms with Crippen molar-refractivity contribution in [2.24, 2.45) is 0 Å². The smallest absolute Gasteiger partial charge is 0.337 e. The van der Waals surface area contributed by atoms with Crippen molar-refractivity contribution in [2.75, 3.05) is 7.11 Å². The molecule has 1 aromatic heterocycles. The normalized spacial score (nSPS) is 10.4. The van der Waals surface area contributed by atoms with Gasteiger partial charge >= 0.3 is 5.97 Å². The molecule has 4 nitrogen and oxygen atoms in total. The molecule has 0 fully saturated rings. The molecule has 0 bridgehead atoms. The summed E-state index contributed by atoms with van der Waals surface area (Å²) in [5, 5.41) is 0. The van der Waals surface area contributed by atoms with Crippen molar-refractivity contribution < 1.29 is 9.53 Å². The Balaban J connectivity index is 2.25. The Morgan fingerprint density at radius 1 is 1.50 bits per heavy atom. The Morgan fingerprint density at radius 2 is 2.28 bits per heavy atom. The summed E-state index contributed by atoms with van der Waals surface area (Å²) >= 11 is 3.47. The van der Waals surface area contributed by atoms with Crippen LogP contribution in [0.25, 0.3) is 0 Å². The summed E-state index contributed by atoms with van der Waals surface area (Å²) in [6.07, 6.45) is 3.70. The molecule has 0 aliphatic rings. The maximum atomic E-state index is 11.4. The van der Waals surface area contributed by atoms with Crippen molar-refractivity contribution in [1.82, 2.24) is 9.55 Å². The van der Waals surface area contributed by atoms with E-state index in [-0.39, 0.29) is 5.97 Å². The summed E-state index contributed by atoms with van der Waals surface area (Å²) in [6.45, 7) is 2.67. The number of rotatable bonds is 3. The largest absolute Gasteiger partial charge is 0.465 e. The molecule has 0 radical (unpaired) electrons. The number of aromatic nitrogens is 2. The van der Waals surface area contributed by atoms with Crippen LogP contribution < -0.4 is 0 Å². The molecule has 0 aliphatic heterocycles. The Kier molecular flexibility index (Phi) is 3.81. The number of halogens is 1. The fourth-order valence-electron chi connectivity index (χ4n) is 1.67. The van der Waals surface area contributed by atoms with Crippen molar-refractivity contribution >= 4 is 21.9 Å². The van der Waals surface area contributed by atoms with Gasteiger partial charge in [-0.3, -0.25) is 0 Å². The van der Waals surface area contributed by atoms with Crippen molar-refractivity contribution in [3.8, 4) is 0 Å². The van der Waals surface area contributed by atoms with E-state index in [2.05, 4.69) is 25.7 Å². The number of imidazole rings is 1. The van der Waals surface area contributed by atoms with E-state index in [4.69, 9.17) is 0 Å². The maximum absolute atomic E-state index is 11.4. The zero-order valence-corrected chi connectivity index (χ0v) is 11.8. The first-order valence-corrected chi connectivity index (χ1v) is 6.25. The first kappa shape index (κ1) is 12.8. The number of benzene rings is 1. The standard InChI is InChI=1S/C13H13BrN2O2/c1-9-15-5-6-16(9)8-11-4-3-10(7-12(11)14)13(17)18-2/h3-7H,8H2,1-2H3. The van der Waals surface area contributed by atoms with Gasteiger partial charge in [0.2, 0.25) is 0 Å². The predicted octanol–water partition coefficient (Wildman–Crippen LogP) is 2.79. The third-order valence-corrected chi connectivity index (χ3v) is 3.48. The molecule has 5 heteroatoms. The van der Waals surface area contributed by atoms with E-state index in [1.807, 2.05) is 23.8 Å². The van der Waals surface area contributed by atoms with Crippen LogP contribution >= 0.6 is 15.9 Å². The van der Waals surface area contributed by atoms with Crippen molar-refractivity contribution in [3.05, 3.63) is 52.0 Å². The SMILES string of the molecule is COC(=O)c1ccc(Cn2ccnc2C)c(Br)c1. The van der Waals surface area contributed by atoms with Gasteiger partial charge in [-0.25, -0.2) is 9.78 Å². The second-order valence-electron chi connectivity index (χ2n) is 3.90. The Morgan fingerprint density at radius 3 is 2.83 bits per heavy atom. The second kappa shape index (κ2) is 5.35. The van der Waals surface area contributed by atoms with Gasteiger partial charge < -0.3 is 9.30 Å². The van der Waals surface area contributed by atoms with E-state index < -0.39 is 0 Å².